The summed E-state index contributed by atoms with van der Waals surface area (Å²) in [5.41, 5.74) is 6.03. The van der Waals surface area contributed by atoms with E-state index in [0.29, 0.717) is 12.0 Å². The normalized spacial score (nSPS) is 29.4. The van der Waals surface area contributed by atoms with Crippen molar-refractivity contribution in [1.29, 1.82) is 0 Å². The average Bonchev–Trinajstić information content (AvgIpc) is 2.18. The van der Waals surface area contributed by atoms with Crippen molar-refractivity contribution < 1.29 is 4.74 Å². The van der Waals surface area contributed by atoms with Crippen LogP contribution in [0, 0.1) is 5.92 Å². The predicted octanol–water partition coefficient (Wildman–Crippen LogP) is 1.08. The highest BCUT2D eigenvalue weighted by atomic mass is 16.5. The second-order valence-corrected chi connectivity index (χ2v) is 4.43. The molecule has 0 aromatic rings. The van der Waals surface area contributed by atoms with E-state index in [9.17, 15) is 0 Å². The zero-order chi connectivity index (χ0) is 10.4. The molecule has 1 fully saturated rings. The van der Waals surface area contributed by atoms with Gasteiger partial charge in [-0.2, -0.15) is 0 Å². The quantitative estimate of drug-likeness (QED) is 0.675. The summed E-state index contributed by atoms with van der Waals surface area (Å²) in [6.07, 6.45) is 3.65. The summed E-state index contributed by atoms with van der Waals surface area (Å²) >= 11 is 0. The highest BCUT2D eigenvalue weighted by molar-refractivity contribution is 4.80. The smallest absolute Gasteiger partial charge is 0.0462 e. The summed E-state index contributed by atoms with van der Waals surface area (Å²) in [5, 5.41) is 0. The van der Waals surface area contributed by atoms with Gasteiger partial charge < -0.3 is 15.4 Å². The van der Waals surface area contributed by atoms with Crippen molar-refractivity contribution >= 4 is 0 Å². The molecule has 1 saturated heterocycles. The first kappa shape index (κ1) is 12.0. The first-order valence-corrected chi connectivity index (χ1v) is 5.71. The Labute approximate surface area is 87.6 Å². The maximum Gasteiger partial charge on any atom is 0.0462 e. The Morgan fingerprint density at radius 3 is 2.86 bits per heavy atom. The van der Waals surface area contributed by atoms with Gasteiger partial charge in [0.15, 0.2) is 0 Å². The van der Waals surface area contributed by atoms with Crippen LogP contribution in [0.2, 0.25) is 0 Å². The molecule has 0 aromatic carbocycles. The number of ether oxygens (including phenoxy) is 1. The second-order valence-electron chi connectivity index (χ2n) is 4.43. The molecule has 3 nitrogen and oxygen atoms in total. The molecule has 14 heavy (non-hydrogen) atoms. The maximum absolute atomic E-state index is 6.03. The first-order chi connectivity index (χ1) is 6.74. The molecule has 0 aliphatic carbocycles. The first-order valence-electron chi connectivity index (χ1n) is 5.71. The van der Waals surface area contributed by atoms with Gasteiger partial charge in [0, 0.05) is 26.3 Å². The Morgan fingerprint density at radius 2 is 2.21 bits per heavy atom. The van der Waals surface area contributed by atoms with Gasteiger partial charge in [-0.25, -0.2) is 0 Å². The molecule has 3 heteroatoms. The van der Waals surface area contributed by atoms with E-state index in [4.69, 9.17) is 10.5 Å². The Balaban J connectivity index is 2.07. The lowest BCUT2D eigenvalue weighted by atomic mass is 9.94. The second kappa shape index (κ2) is 6.38. The molecule has 0 radical (unpaired) electrons. The largest absolute Gasteiger partial charge is 0.385 e. The Morgan fingerprint density at radius 1 is 1.43 bits per heavy atom. The van der Waals surface area contributed by atoms with E-state index in [1.165, 1.54) is 25.9 Å². The number of nitrogens with zero attached hydrogens (tertiary/aromatic N) is 1. The van der Waals surface area contributed by atoms with Crippen molar-refractivity contribution in [3.8, 4) is 0 Å². The molecule has 1 aliphatic rings. The van der Waals surface area contributed by atoms with E-state index in [2.05, 4.69) is 11.8 Å². The average molecular weight is 200 g/mol. The summed E-state index contributed by atoms with van der Waals surface area (Å²) in [6, 6.07) is 0.381. The molecule has 84 valence electrons. The summed E-state index contributed by atoms with van der Waals surface area (Å²) in [4.78, 5) is 2.49. The van der Waals surface area contributed by atoms with Gasteiger partial charge in [0.05, 0.1) is 0 Å². The van der Waals surface area contributed by atoms with Crippen molar-refractivity contribution in [2.24, 2.45) is 11.7 Å². The van der Waals surface area contributed by atoms with Crippen LogP contribution in [0.25, 0.3) is 0 Å². The molecule has 0 bridgehead atoms. The number of nitrogens with two attached hydrogens (primary N) is 1. The Kier molecular flexibility index (Phi) is 5.45. The van der Waals surface area contributed by atoms with Gasteiger partial charge in [-0.3, -0.25) is 0 Å². The van der Waals surface area contributed by atoms with E-state index in [1.807, 2.05) is 0 Å². The molecule has 2 atom stereocenters. The predicted molar refractivity (Wildman–Crippen MR) is 59.3 cm³/mol. The Bertz CT molecular complexity index is 152. The summed E-state index contributed by atoms with van der Waals surface area (Å²) in [5.74, 6) is 0.699. The molecule has 0 spiro atoms. The lowest BCUT2D eigenvalue weighted by Crippen LogP contribution is -2.47. The van der Waals surface area contributed by atoms with Crippen LogP contribution < -0.4 is 5.73 Å². The monoisotopic (exact) mass is 200 g/mol. The van der Waals surface area contributed by atoms with E-state index in [-0.39, 0.29) is 0 Å². The summed E-state index contributed by atoms with van der Waals surface area (Å²) in [6.45, 7) is 6.63. The van der Waals surface area contributed by atoms with Crippen LogP contribution in [0.15, 0.2) is 0 Å². The van der Waals surface area contributed by atoms with Gasteiger partial charge in [-0.15, -0.1) is 0 Å². The molecule has 1 rings (SSSR count). The van der Waals surface area contributed by atoms with E-state index in [0.717, 1.165) is 19.6 Å². The number of rotatable bonds is 5. The fraction of sp³-hybridized carbons (Fsp3) is 1.00. The van der Waals surface area contributed by atoms with Crippen LogP contribution in [0.4, 0.5) is 0 Å². The minimum absolute atomic E-state index is 0.381. The summed E-state index contributed by atoms with van der Waals surface area (Å²) in [7, 11) is 1.76. The van der Waals surface area contributed by atoms with Crippen LogP contribution in [0.5, 0.6) is 0 Å². The SMILES string of the molecule is COCCCCN1CCC(C)C(N)C1. The van der Waals surface area contributed by atoms with Gasteiger partial charge in [0.1, 0.15) is 0 Å². The Hall–Kier alpha value is -0.120. The molecule has 2 N–H and O–H groups in total. The molecule has 1 heterocycles. The summed E-state index contributed by atoms with van der Waals surface area (Å²) < 4.78 is 5.03. The highest BCUT2D eigenvalue weighted by Gasteiger charge is 2.22. The third-order valence-electron chi connectivity index (χ3n) is 3.17. The molecule has 0 amide bonds. The van der Waals surface area contributed by atoms with Crippen LogP contribution in [-0.2, 0) is 4.74 Å². The van der Waals surface area contributed by atoms with Crippen molar-refractivity contribution in [2.75, 3.05) is 33.4 Å². The number of hydrogen-bond donors (Lipinski definition) is 1. The molecular weight excluding hydrogens is 176 g/mol. The topological polar surface area (TPSA) is 38.5 Å². The fourth-order valence-electron chi connectivity index (χ4n) is 1.95. The van der Waals surface area contributed by atoms with Crippen molar-refractivity contribution in [1.82, 2.24) is 4.90 Å². The molecular formula is C11H24N2O. The standard InChI is InChI=1S/C11H24N2O/c1-10-5-7-13(9-11(10)12)6-3-4-8-14-2/h10-11H,3-9,12H2,1-2H3. The zero-order valence-corrected chi connectivity index (χ0v) is 9.54. The van der Waals surface area contributed by atoms with E-state index >= 15 is 0 Å². The minimum Gasteiger partial charge on any atom is -0.385 e. The molecule has 2 unspecified atom stereocenters. The molecule has 0 aromatic heterocycles. The lowest BCUT2D eigenvalue weighted by molar-refractivity contribution is 0.153. The fourth-order valence-corrected chi connectivity index (χ4v) is 1.95. The number of piperidine rings is 1. The van der Waals surface area contributed by atoms with E-state index in [1.54, 1.807) is 7.11 Å². The van der Waals surface area contributed by atoms with Crippen molar-refractivity contribution in [2.45, 2.75) is 32.2 Å². The van der Waals surface area contributed by atoms with Gasteiger partial charge in [-0.1, -0.05) is 6.92 Å². The van der Waals surface area contributed by atoms with Crippen LogP contribution in [0.1, 0.15) is 26.2 Å². The van der Waals surface area contributed by atoms with Crippen molar-refractivity contribution in [3.63, 3.8) is 0 Å². The third-order valence-corrected chi connectivity index (χ3v) is 3.17. The zero-order valence-electron chi connectivity index (χ0n) is 9.54. The van der Waals surface area contributed by atoms with Gasteiger partial charge >= 0.3 is 0 Å². The highest BCUT2D eigenvalue weighted by Crippen LogP contribution is 2.15. The van der Waals surface area contributed by atoms with Crippen LogP contribution in [-0.4, -0.2) is 44.3 Å². The van der Waals surface area contributed by atoms with Crippen molar-refractivity contribution in [3.05, 3.63) is 0 Å². The van der Waals surface area contributed by atoms with E-state index < -0.39 is 0 Å². The van der Waals surface area contributed by atoms with Crippen LogP contribution >= 0.6 is 0 Å². The number of likely N-dealkylation sites (tertiary alicyclic amines) is 1. The molecule has 1 aliphatic heterocycles. The number of hydrogen-bond acceptors (Lipinski definition) is 3. The van der Waals surface area contributed by atoms with Gasteiger partial charge in [0.2, 0.25) is 0 Å². The maximum atomic E-state index is 6.03. The van der Waals surface area contributed by atoms with Crippen LogP contribution in [0.3, 0.4) is 0 Å². The van der Waals surface area contributed by atoms with Gasteiger partial charge in [-0.05, 0) is 38.3 Å². The minimum atomic E-state index is 0.381. The third kappa shape index (κ3) is 3.95. The van der Waals surface area contributed by atoms with Gasteiger partial charge in [0.25, 0.3) is 0 Å². The number of unbranched alkanes of at least 4 members (excludes halogenated alkanes) is 1. The molecule has 0 saturated carbocycles. The number of methoxy groups -OCH3 is 1. The lowest BCUT2D eigenvalue weighted by Gasteiger charge is -2.35.